The predicted molar refractivity (Wildman–Crippen MR) is 161 cm³/mol. The van der Waals surface area contributed by atoms with Crippen LogP contribution < -0.4 is 0 Å². The highest BCUT2D eigenvalue weighted by molar-refractivity contribution is 6.03. The van der Waals surface area contributed by atoms with Gasteiger partial charge in [0.1, 0.15) is 0 Å². The van der Waals surface area contributed by atoms with Gasteiger partial charge in [0.05, 0.1) is 5.69 Å². The van der Waals surface area contributed by atoms with E-state index in [0.717, 1.165) is 5.69 Å². The maximum absolute atomic E-state index is 5.04. The van der Waals surface area contributed by atoms with Crippen molar-refractivity contribution in [3.63, 3.8) is 0 Å². The summed E-state index contributed by atoms with van der Waals surface area (Å²) in [5, 5.41) is 2.62. The van der Waals surface area contributed by atoms with E-state index >= 15 is 0 Å². The van der Waals surface area contributed by atoms with Crippen LogP contribution in [-0.4, -0.2) is 4.98 Å². The lowest BCUT2D eigenvalue weighted by atomic mass is 9.78. The molecule has 0 N–H and O–H groups in total. The van der Waals surface area contributed by atoms with Gasteiger partial charge in [-0.25, -0.2) is 0 Å². The van der Waals surface area contributed by atoms with Crippen LogP contribution >= 0.6 is 0 Å². The van der Waals surface area contributed by atoms with Gasteiger partial charge in [-0.05, 0) is 78.4 Å². The second kappa shape index (κ2) is 7.44. The highest BCUT2D eigenvalue weighted by Gasteiger charge is 2.40. The van der Waals surface area contributed by atoms with E-state index in [1.165, 1.54) is 66.4 Å². The minimum atomic E-state index is -0.129. The second-order valence-electron chi connectivity index (χ2n) is 13.3. The molecule has 0 fully saturated rings. The normalized spacial score (nSPS) is 16.2. The Hall–Kier alpha value is -3.71. The first-order valence-corrected chi connectivity index (χ1v) is 13.8. The first kappa shape index (κ1) is 23.4. The fraction of sp³-hybridized carbons (Fsp3) is 0.270. The number of fused-ring (bicyclic) bond motifs is 8. The van der Waals surface area contributed by atoms with Crippen molar-refractivity contribution in [1.82, 2.24) is 4.98 Å². The van der Waals surface area contributed by atoms with Crippen molar-refractivity contribution in [2.45, 2.75) is 64.7 Å². The first-order valence-electron chi connectivity index (χ1n) is 13.8. The van der Waals surface area contributed by atoms with Crippen molar-refractivity contribution in [2.75, 3.05) is 0 Å². The molecule has 38 heavy (non-hydrogen) atoms. The molecule has 0 unspecified atom stereocenters. The molecule has 0 atom stereocenters. The minimum Gasteiger partial charge on any atom is -0.256 e. The van der Waals surface area contributed by atoms with Crippen LogP contribution in [0.1, 0.15) is 76.3 Å². The standard InChI is InChI=1S/C37H35N/c1-35(2,3)24-14-15-26-28-20-23(13-16-29(28)36(4,5)31(26)21-24)34-33-27(18-19-38-34)32-25-11-9-8-10-22(25)12-17-30(32)37(33,6)7/h8-21H,1-7H3. The monoisotopic (exact) mass is 493 g/mol. The van der Waals surface area contributed by atoms with Crippen LogP contribution in [0.3, 0.4) is 0 Å². The van der Waals surface area contributed by atoms with E-state index in [-0.39, 0.29) is 16.2 Å². The van der Waals surface area contributed by atoms with Gasteiger partial charge >= 0.3 is 0 Å². The third kappa shape index (κ3) is 3.02. The van der Waals surface area contributed by atoms with Crippen LogP contribution in [0.15, 0.2) is 85.1 Å². The molecular weight excluding hydrogens is 458 g/mol. The molecule has 0 aliphatic heterocycles. The van der Waals surface area contributed by atoms with Gasteiger partial charge in [0.15, 0.2) is 0 Å². The van der Waals surface area contributed by atoms with E-state index in [4.69, 9.17) is 4.98 Å². The summed E-state index contributed by atoms with van der Waals surface area (Å²) in [4.78, 5) is 5.04. The zero-order valence-corrected chi connectivity index (χ0v) is 23.5. The van der Waals surface area contributed by atoms with Crippen LogP contribution in [-0.2, 0) is 16.2 Å². The molecular formula is C37H35N. The van der Waals surface area contributed by atoms with Crippen LogP contribution in [0.25, 0.3) is 44.3 Å². The van der Waals surface area contributed by atoms with Crippen molar-refractivity contribution < 1.29 is 0 Å². The fourth-order valence-corrected chi connectivity index (χ4v) is 7.11. The minimum absolute atomic E-state index is 0.0229. The molecule has 0 amide bonds. The van der Waals surface area contributed by atoms with Crippen LogP contribution in [0.5, 0.6) is 0 Å². The second-order valence-corrected chi connectivity index (χ2v) is 13.3. The Morgan fingerprint density at radius 2 is 1.39 bits per heavy atom. The zero-order chi connectivity index (χ0) is 26.6. The molecule has 0 bridgehead atoms. The third-order valence-electron chi connectivity index (χ3n) is 9.26. The number of rotatable bonds is 1. The number of pyridine rings is 1. The van der Waals surface area contributed by atoms with Crippen molar-refractivity contribution in [3.8, 4) is 33.5 Å². The highest BCUT2D eigenvalue weighted by Crippen LogP contribution is 2.55. The van der Waals surface area contributed by atoms with Gasteiger partial charge in [-0.2, -0.15) is 0 Å². The quantitative estimate of drug-likeness (QED) is 0.226. The van der Waals surface area contributed by atoms with E-state index in [9.17, 15) is 0 Å². The van der Waals surface area contributed by atoms with Crippen LogP contribution in [0.4, 0.5) is 0 Å². The Kier molecular flexibility index (Phi) is 4.59. The summed E-state index contributed by atoms with van der Waals surface area (Å²) in [6, 6.07) is 29.8. The van der Waals surface area contributed by atoms with Gasteiger partial charge in [-0.15, -0.1) is 0 Å². The molecule has 2 aliphatic rings. The molecule has 1 aromatic heterocycles. The Labute approximate surface area is 226 Å². The van der Waals surface area contributed by atoms with Gasteiger partial charge in [0.25, 0.3) is 0 Å². The molecule has 2 aliphatic carbocycles. The maximum Gasteiger partial charge on any atom is 0.0749 e. The Morgan fingerprint density at radius 1 is 0.632 bits per heavy atom. The van der Waals surface area contributed by atoms with Gasteiger partial charge in [0, 0.05) is 22.6 Å². The lowest BCUT2D eigenvalue weighted by Crippen LogP contribution is -2.18. The molecule has 7 rings (SSSR count). The molecule has 1 heterocycles. The highest BCUT2D eigenvalue weighted by atomic mass is 14.7. The van der Waals surface area contributed by atoms with Crippen molar-refractivity contribution >= 4 is 10.8 Å². The largest absolute Gasteiger partial charge is 0.256 e. The van der Waals surface area contributed by atoms with Crippen LogP contribution in [0.2, 0.25) is 0 Å². The average molecular weight is 494 g/mol. The lowest BCUT2D eigenvalue weighted by Gasteiger charge is -2.25. The van der Waals surface area contributed by atoms with E-state index in [1.807, 2.05) is 6.20 Å². The molecule has 0 saturated carbocycles. The molecule has 1 heteroatoms. The van der Waals surface area contributed by atoms with Gasteiger partial charge in [-0.1, -0.05) is 115 Å². The Balaban J connectivity index is 1.44. The van der Waals surface area contributed by atoms with E-state index < -0.39 is 0 Å². The summed E-state index contributed by atoms with van der Waals surface area (Å²) in [5.41, 5.74) is 14.7. The van der Waals surface area contributed by atoms with Gasteiger partial charge in [-0.3, -0.25) is 4.98 Å². The first-order chi connectivity index (χ1) is 18.0. The van der Waals surface area contributed by atoms with E-state index in [2.05, 4.69) is 127 Å². The summed E-state index contributed by atoms with van der Waals surface area (Å²) >= 11 is 0. The summed E-state index contributed by atoms with van der Waals surface area (Å²) in [7, 11) is 0. The molecule has 0 radical (unpaired) electrons. The number of nitrogens with zero attached hydrogens (tertiary/aromatic N) is 1. The van der Waals surface area contributed by atoms with Gasteiger partial charge in [0.2, 0.25) is 0 Å². The van der Waals surface area contributed by atoms with Gasteiger partial charge < -0.3 is 0 Å². The molecule has 1 nitrogen and oxygen atoms in total. The average Bonchev–Trinajstić information content (AvgIpc) is 3.27. The summed E-state index contributed by atoms with van der Waals surface area (Å²) in [5.74, 6) is 0. The fourth-order valence-electron chi connectivity index (χ4n) is 7.11. The number of aromatic nitrogens is 1. The third-order valence-corrected chi connectivity index (χ3v) is 9.26. The summed E-state index contributed by atoms with van der Waals surface area (Å²) < 4.78 is 0. The van der Waals surface area contributed by atoms with Crippen molar-refractivity contribution in [3.05, 3.63) is 113 Å². The zero-order valence-electron chi connectivity index (χ0n) is 23.5. The lowest BCUT2D eigenvalue weighted by molar-refractivity contribution is 0.584. The molecule has 0 spiro atoms. The maximum atomic E-state index is 5.04. The number of benzene rings is 4. The topological polar surface area (TPSA) is 12.9 Å². The Morgan fingerprint density at radius 3 is 2.18 bits per heavy atom. The van der Waals surface area contributed by atoms with Crippen LogP contribution in [0, 0.1) is 0 Å². The van der Waals surface area contributed by atoms with E-state index in [0.29, 0.717) is 0 Å². The summed E-state index contributed by atoms with van der Waals surface area (Å²) in [6.07, 6.45) is 2.00. The molecule has 5 aromatic rings. The van der Waals surface area contributed by atoms with Crippen molar-refractivity contribution in [2.24, 2.45) is 0 Å². The molecule has 188 valence electrons. The SMILES string of the molecule is CC(C)(C)c1ccc2c(c1)C(C)(C)c1ccc(-c3nccc4c3C(C)(C)c3ccc5ccccc5c3-4)cc1-2. The summed E-state index contributed by atoms with van der Waals surface area (Å²) in [6.45, 7) is 16.3. The number of hydrogen-bond donors (Lipinski definition) is 0. The Bertz CT molecular complexity index is 1790. The molecule has 0 saturated heterocycles. The smallest absolute Gasteiger partial charge is 0.0749 e. The predicted octanol–water partition coefficient (Wildman–Crippen LogP) is 9.81. The van der Waals surface area contributed by atoms with E-state index in [1.54, 1.807) is 0 Å². The number of hydrogen-bond acceptors (Lipinski definition) is 1. The van der Waals surface area contributed by atoms with Crippen molar-refractivity contribution in [1.29, 1.82) is 0 Å². The molecule has 4 aromatic carbocycles.